The summed E-state index contributed by atoms with van der Waals surface area (Å²) in [6, 6.07) is 13.3. The molecular formula is C31H41N5O7S. The van der Waals surface area contributed by atoms with Gasteiger partial charge in [-0.05, 0) is 61.1 Å². The minimum Gasteiger partial charge on any atom is -0.497 e. The molecule has 238 valence electrons. The van der Waals surface area contributed by atoms with Crippen molar-refractivity contribution in [1.29, 1.82) is 0 Å². The van der Waals surface area contributed by atoms with Crippen LogP contribution in [0, 0.1) is 5.92 Å². The second-order valence-electron chi connectivity index (χ2n) is 9.80. The Morgan fingerprint density at radius 3 is 2.30 bits per heavy atom. The topological polar surface area (TPSA) is 155 Å². The van der Waals surface area contributed by atoms with Crippen molar-refractivity contribution in [3.8, 4) is 17.2 Å². The fourth-order valence-electron chi connectivity index (χ4n) is 3.87. The van der Waals surface area contributed by atoms with Crippen molar-refractivity contribution >= 4 is 41.1 Å². The lowest BCUT2D eigenvalue weighted by molar-refractivity contribution is -0.138. The number of aromatic nitrogens is 2. The summed E-state index contributed by atoms with van der Waals surface area (Å²) in [7, 11) is 1.47. The van der Waals surface area contributed by atoms with Gasteiger partial charge in [0.05, 0.1) is 20.1 Å². The smallest absolute Gasteiger partial charge is 0.305 e. The number of aliphatic carboxylic acids is 1. The Labute approximate surface area is 262 Å². The summed E-state index contributed by atoms with van der Waals surface area (Å²) >= 11 is 1.34. The number of hydrogen-bond acceptors (Lipinski definition) is 9. The molecule has 0 saturated carbocycles. The van der Waals surface area contributed by atoms with Gasteiger partial charge in [-0.1, -0.05) is 45.5 Å². The summed E-state index contributed by atoms with van der Waals surface area (Å²) < 4.78 is 10.7. The second-order valence-corrected chi connectivity index (χ2v) is 10.6. The van der Waals surface area contributed by atoms with E-state index >= 15 is 0 Å². The highest BCUT2D eigenvalue weighted by molar-refractivity contribution is 7.98. The van der Waals surface area contributed by atoms with Crippen LogP contribution in [-0.4, -0.2) is 88.3 Å². The molecule has 0 aliphatic heterocycles. The Balaban J connectivity index is 0.00000330. The number of ether oxygens (including phenoxy) is 1. The summed E-state index contributed by atoms with van der Waals surface area (Å²) in [5.41, 5.74) is 1.46. The van der Waals surface area contributed by atoms with Crippen molar-refractivity contribution in [1.82, 2.24) is 20.0 Å². The molecule has 0 spiro atoms. The third-order valence-electron chi connectivity index (χ3n) is 6.19. The van der Waals surface area contributed by atoms with E-state index in [1.54, 1.807) is 42.5 Å². The van der Waals surface area contributed by atoms with E-state index in [0.717, 1.165) is 0 Å². The minimum absolute atomic E-state index is 0.174. The van der Waals surface area contributed by atoms with E-state index in [4.69, 9.17) is 9.15 Å². The highest BCUT2D eigenvalue weighted by Crippen LogP contribution is 2.23. The number of thioether (sulfide) groups is 1. The largest absolute Gasteiger partial charge is 0.497 e. The normalized spacial score (nSPS) is 10.4. The van der Waals surface area contributed by atoms with Gasteiger partial charge in [-0.3, -0.25) is 19.2 Å². The van der Waals surface area contributed by atoms with Gasteiger partial charge in [0, 0.05) is 29.9 Å². The van der Waals surface area contributed by atoms with Crippen LogP contribution in [0.4, 0.5) is 5.69 Å². The lowest BCUT2D eigenvalue weighted by Crippen LogP contribution is -2.46. The standard InChI is InChI=1S/C29H35N5O7S.C2H6/c1-19(2)12-14-33(17-24(35)30-22-10-8-20(9-11-22)27-31-32-29(41-27)42-4)25(36)18-34(15-13-26(37)38)28(39)21-6-5-7-23(16-21)40-3;1-2/h5-11,16,19H,12-15,17-18H2,1-4H3,(H,30,35)(H,37,38);1-2H3. The Bertz CT molecular complexity index is 1380. The molecule has 12 nitrogen and oxygen atoms in total. The maximum absolute atomic E-state index is 13.4. The summed E-state index contributed by atoms with van der Waals surface area (Å²) in [5, 5.41) is 20.4. The molecule has 0 fully saturated rings. The maximum atomic E-state index is 13.4. The Morgan fingerprint density at radius 1 is 1.00 bits per heavy atom. The second kappa shape index (κ2) is 18.3. The number of rotatable bonds is 15. The van der Waals surface area contributed by atoms with Gasteiger partial charge in [0.1, 0.15) is 12.3 Å². The van der Waals surface area contributed by atoms with Crippen LogP contribution in [0.5, 0.6) is 5.75 Å². The van der Waals surface area contributed by atoms with Gasteiger partial charge in [-0.15, -0.1) is 10.2 Å². The summed E-state index contributed by atoms with van der Waals surface area (Å²) in [5.74, 6) is -1.43. The minimum atomic E-state index is -1.10. The van der Waals surface area contributed by atoms with Crippen LogP contribution in [0.1, 0.15) is 50.9 Å². The van der Waals surface area contributed by atoms with Gasteiger partial charge >= 0.3 is 5.97 Å². The third-order valence-corrected chi connectivity index (χ3v) is 6.70. The number of anilines is 1. The molecule has 0 atom stereocenters. The van der Waals surface area contributed by atoms with Crippen molar-refractivity contribution in [3.63, 3.8) is 0 Å². The van der Waals surface area contributed by atoms with Crippen molar-refractivity contribution in [2.45, 2.75) is 45.8 Å². The lowest BCUT2D eigenvalue weighted by atomic mass is 10.1. The SMILES string of the molecule is CC.COc1cccc(C(=O)N(CCC(=O)O)CC(=O)N(CCC(C)C)CC(=O)Nc2ccc(-c3nnc(SC)o3)cc2)c1. The number of methoxy groups -OCH3 is 1. The molecular weight excluding hydrogens is 586 g/mol. The molecule has 3 rings (SSSR count). The Hall–Kier alpha value is -4.39. The molecule has 3 aromatic rings. The van der Waals surface area contributed by atoms with E-state index in [-0.39, 0.29) is 44.1 Å². The quantitative estimate of drug-likeness (QED) is 0.222. The lowest BCUT2D eigenvalue weighted by Gasteiger charge is -2.28. The molecule has 1 heterocycles. The zero-order valence-electron chi connectivity index (χ0n) is 26.0. The Morgan fingerprint density at radius 2 is 1.70 bits per heavy atom. The molecule has 0 radical (unpaired) electrons. The predicted octanol–water partition coefficient (Wildman–Crippen LogP) is 4.92. The van der Waals surface area contributed by atoms with Gasteiger partial charge in [0.2, 0.25) is 17.7 Å². The van der Waals surface area contributed by atoms with E-state index in [0.29, 0.717) is 34.5 Å². The fraction of sp³-hybridized carbons (Fsp3) is 0.419. The molecule has 0 bridgehead atoms. The first-order valence-corrected chi connectivity index (χ1v) is 15.5. The molecule has 2 N–H and O–H groups in total. The van der Waals surface area contributed by atoms with Crippen LogP contribution in [0.2, 0.25) is 0 Å². The molecule has 1 aromatic heterocycles. The first-order valence-electron chi connectivity index (χ1n) is 14.3. The summed E-state index contributed by atoms with van der Waals surface area (Å²) in [6.07, 6.45) is 2.12. The highest BCUT2D eigenvalue weighted by atomic mass is 32.2. The van der Waals surface area contributed by atoms with Gasteiger partial charge in [0.15, 0.2) is 0 Å². The van der Waals surface area contributed by atoms with E-state index in [1.807, 2.05) is 34.0 Å². The number of carbonyl (C=O) groups excluding carboxylic acids is 3. The molecule has 44 heavy (non-hydrogen) atoms. The van der Waals surface area contributed by atoms with Gasteiger partial charge in [-0.2, -0.15) is 0 Å². The van der Waals surface area contributed by atoms with E-state index in [9.17, 15) is 24.3 Å². The Kier molecular flexibility index (Phi) is 14.9. The number of amides is 3. The van der Waals surface area contributed by atoms with Crippen LogP contribution in [-0.2, 0) is 14.4 Å². The molecule has 0 saturated heterocycles. The van der Waals surface area contributed by atoms with E-state index in [2.05, 4.69) is 15.5 Å². The number of carboxylic acid groups (broad SMARTS) is 1. The van der Waals surface area contributed by atoms with Gasteiger partial charge < -0.3 is 29.4 Å². The average Bonchev–Trinajstić information content (AvgIpc) is 3.51. The van der Waals surface area contributed by atoms with Crippen molar-refractivity contribution in [2.75, 3.05) is 44.9 Å². The molecule has 13 heteroatoms. The number of benzene rings is 2. The zero-order chi connectivity index (χ0) is 32.6. The third kappa shape index (κ3) is 11.4. The predicted molar refractivity (Wildman–Crippen MR) is 169 cm³/mol. The fourth-order valence-corrected chi connectivity index (χ4v) is 4.15. The molecule has 0 aliphatic carbocycles. The number of nitrogens with one attached hydrogen (secondary N) is 1. The van der Waals surface area contributed by atoms with Gasteiger partial charge in [0.25, 0.3) is 11.1 Å². The average molecular weight is 628 g/mol. The molecule has 0 unspecified atom stereocenters. The first kappa shape index (κ1) is 35.8. The molecule has 3 amide bonds. The summed E-state index contributed by atoms with van der Waals surface area (Å²) in [6.45, 7) is 7.49. The number of carboxylic acids is 1. The van der Waals surface area contributed by atoms with E-state index < -0.39 is 23.7 Å². The van der Waals surface area contributed by atoms with E-state index in [1.165, 1.54) is 34.7 Å². The highest BCUT2D eigenvalue weighted by Gasteiger charge is 2.25. The van der Waals surface area contributed by atoms with Gasteiger partial charge in [-0.25, -0.2) is 0 Å². The van der Waals surface area contributed by atoms with Crippen molar-refractivity contribution < 1.29 is 33.4 Å². The number of carbonyl (C=O) groups is 4. The van der Waals surface area contributed by atoms with Crippen molar-refractivity contribution in [3.05, 3.63) is 54.1 Å². The summed E-state index contributed by atoms with van der Waals surface area (Å²) in [4.78, 5) is 53.5. The van der Waals surface area contributed by atoms with Crippen LogP contribution in [0.25, 0.3) is 11.5 Å². The van der Waals surface area contributed by atoms with Crippen molar-refractivity contribution in [2.24, 2.45) is 5.92 Å². The number of hydrogen-bond donors (Lipinski definition) is 2. The van der Waals surface area contributed by atoms with Crippen LogP contribution >= 0.6 is 11.8 Å². The first-order chi connectivity index (χ1) is 21.1. The molecule has 2 aromatic carbocycles. The van der Waals surface area contributed by atoms with Crippen LogP contribution < -0.4 is 10.1 Å². The van der Waals surface area contributed by atoms with Crippen LogP contribution in [0.15, 0.2) is 58.2 Å². The molecule has 0 aliphatic rings. The maximum Gasteiger partial charge on any atom is 0.305 e. The van der Waals surface area contributed by atoms with Crippen LogP contribution in [0.3, 0.4) is 0 Å². The monoisotopic (exact) mass is 627 g/mol. The zero-order valence-corrected chi connectivity index (χ0v) is 26.8. The number of nitrogens with zero attached hydrogens (tertiary/aromatic N) is 4.